The highest BCUT2D eigenvalue weighted by Gasteiger charge is 2.06. The van der Waals surface area contributed by atoms with Crippen molar-refractivity contribution in [3.63, 3.8) is 0 Å². The van der Waals surface area contributed by atoms with E-state index in [0.29, 0.717) is 24.5 Å². The fraction of sp³-hybridized carbons (Fsp3) is 0.143. The Labute approximate surface area is 116 Å². The van der Waals surface area contributed by atoms with Crippen LogP contribution in [0.4, 0.5) is 0 Å². The van der Waals surface area contributed by atoms with Crippen molar-refractivity contribution in [3.8, 4) is 0 Å². The number of aromatic nitrogens is 2. The van der Waals surface area contributed by atoms with Gasteiger partial charge in [0.05, 0.1) is 0 Å². The Morgan fingerprint density at radius 2 is 1.25 bits per heavy atom. The maximum Gasteiger partial charge on any atom is 0.255 e. The third-order valence-electron chi connectivity index (χ3n) is 2.63. The summed E-state index contributed by atoms with van der Waals surface area (Å²) < 4.78 is 2.07. The summed E-state index contributed by atoms with van der Waals surface area (Å²) in [6.07, 6.45) is 6.23. The molecule has 0 saturated heterocycles. The average Bonchev–Trinajstić information content (AvgIpc) is 2.46. The zero-order valence-corrected chi connectivity index (χ0v) is 10.9. The maximum atomic E-state index is 9.47. The van der Waals surface area contributed by atoms with Crippen LogP contribution in [0, 0.1) is 0 Å². The van der Waals surface area contributed by atoms with Gasteiger partial charge in [-0.3, -0.25) is 20.4 Å². The molecule has 2 aromatic heterocycles. The first-order chi connectivity index (χ1) is 9.77. The van der Waals surface area contributed by atoms with Crippen molar-refractivity contribution in [2.45, 2.75) is 13.1 Å². The first-order valence-electron chi connectivity index (χ1n) is 6.13. The molecule has 0 radical (unpaired) electrons. The SMILES string of the molecule is O[n+]1ccccc1CN=CC=NCc1cccc[n+]1O. The normalized spacial score (nSPS) is 11.4. The molecule has 0 atom stereocenters. The van der Waals surface area contributed by atoms with Crippen LogP contribution in [0.5, 0.6) is 0 Å². The van der Waals surface area contributed by atoms with Crippen LogP contribution in [-0.2, 0) is 13.1 Å². The predicted molar refractivity (Wildman–Crippen MR) is 72.0 cm³/mol. The summed E-state index contributed by atoms with van der Waals surface area (Å²) in [7, 11) is 0. The molecule has 0 saturated carbocycles. The van der Waals surface area contributed by atoms with Crippen molar-refractivity contribution in [1.82, 2.24) is 0 Å². The molecule has 6 nitrogen and oxygen atoms in total. The lowest BCUT2D eigenvalue weighted by molar-refractivity contribution is -0.909. The van der Waals surface area contributed by atoms with E-state index in [0.717, 1.165) is 9.46 Å². The van der Waals surface area contributed by atoms with E-state index in [1.807, 2.05) is 12.1 Å². The Kier molecular flexibility index (Phi) is 4.77. The summed E-state index contributed by atoms with van der Waals surface area (Å²) in [4.78, 5) is 8.26. The number of nitrogens with zero attached hydrogens (tertiary/aromatic N) is 4. The molecular weight excluding hydrogens is 256 g/mol. The van der Waals surface area contributed by atoms with Crippen LogP contribution in [0.1, 0.15) is 11.4 Å². The average molecular weight is 272 g/mol. The summed E-state index contributed by atoms with van der Waals surface area (Å²) in [5.74, 6) is 0. The second kappa shape index (κ2) is 6.98. The van der Waals surface area contributed by atoms with Crippen LogP contribution in [0.25, 0.3) is 0 Å². The van der Waals surface area contributed by atoms with Crippen LogP contribution in [0.15, 0.2) is 58.8 Å². The Morgan fingerprint density at radius 3 is 1.65 bits per heavy atom. The largest absolute Gasteiger partial charge is 0.285 e. The van der Waals surface area contributed by atoms with Crippen molar-refractivity contribution in [2.75, 3.05) is 0 Å². The molecular formula is C14H16N4O2+2. The lowest BCUT2D eigenvalue weighted by Crippen LogP contribution is -2.34. The lowest BCUT2D eigenvalue weighted by Gasteiger charge is -1.91. The Balaban J connectivity index is 1.83. The minimum absolute atomic E-state index is 0.370. The molecule has 20 heavy (non-hydrogen) atoms. The molecule has 2 heterocycles. The monoisotopic (exact) mass is 272 g/mol. The van der Waals surface area contributed by atoms with Gasteiger partial charge in [0.1, 0.15) is 13.1 Å². The van der Waals surface area contributed by atoms with E-state index >= 15 is 0 Å². The highest BCUT2D eigenvalue weighted by atomic mass is 16.5. The summed E-state index contributed by atoms with van der Waals surface area (Å²) in [5, 5.41) is 18.9. The molecule has 0 spiro atoms. The molecule has 0 aliphatic rings. The van der Waals surface area contributed by atoms with Gasteiger partial charge >= 0.3 is 0 Å². The van der Waals surface area contributed by atoms with E-state index in [-0.39, 0.29) is 0 Å². The van der Waals surface area contributed by atoms with Crippen molar-refractivity contribution >= 4 is 12.4 Å². The topological polar surface area (TPSA) is 72.9 Å². The van der Waals surface area contributed by atoms with E-state index in [4.69, 9.17) is 0 Å². The number of rotatable bonds is 5. The molecule has 0 bridgehead atoms. The first-order valence-corrected chi connectivity index (χ1v) is 6.13. The van der Waals surface area contributed by atoms with Gasteiger partial charge < -0.3 is 0 Å². The molecule has 102 valence electrons. The van der Waals surface area contributed by atoms with Crippen LogP contribution >= 0.6 is 0 Å². The molecule has 2 N–H and O–H groups in total. The molecule has 0 fully saturated rings. The van der Waals surface area contributed by atoms with Crippen molar-refractivity contribution in [3.05, 3.63) is 60.2 Å². The Morgan fingerprint density at radius 1 is 0.800 bits per heavy atom. The highest BCUT2D eigenvalue weighted by molar-refractivity contribution is 6.15. The third kappa shape index (κ3) is 3.88. The fourth-order valence-corrected chi connectivity index (χ4v) is 1.58. The smallest absolute Gasteiger partial charge is 0.255 e. The van der Waals surface area contributed by atoms with E-state index in [9.17, 15) is 10.4 Å². The van der Waals surface area contributed by atoms with Crippen LogP contribution in [-0.4, -0.2) is 22.8 Å². The molecule has 0 aromatic carbocycles. The minimum Gasteiger partial charge on any atom is -0.285 e. The highest BCUT2D eigenvalue weighted by Crippen LogP contribution is 1.93. The zero-order valence-electron chi connectivity index (χ0n) is 10.9. The van der Waals surface area contributed by atoms with Crippen LogP contribution < -0.4 is 9.46 Å². The van der Waals surface area contributed by atoms with E-state index in [1.165, 1.54) is 0 Å². The van der Waals surface area contributed by atoms with Gasteiger partial charge in [0, 0.05) is 46.2 Å². The second-order valence-electron chi connectivity index (χ2n) is 4.05. The van der Waals surface area contributed by atoms with Crippen LogP contribution in [0.3, 0.4) is 0 Å². The maximum absolute atomic E-state index is 9.47. The third-order valence-corrected chi connectivity index (χ3v) is 2.63. The quantitative estimate of drug-likeness (QED) is 0.475. The molecule has 2 aromatic rings. The van der Waals surface area contributed by atoms with E-state index in [1.54, 1.807) is 49.1 Å². The van der Waals surface area contributed by atoms with Gasteiger partial charge in [0.2, 0.25) is 12.4 Å². The molecule has 6 heteroatoms. The second-order valence-corrected chi connectivity index (χ2v) is 4.05. The minimum atomic E-state index is 0.370. The van der Waals surface area contributed by atoms with Gasteiger partial charge in [-0.2, -0.15) is 0 Å². The van der Waals surface area contributed by atoms with E-state index in [2.05, 4.69) is 9.98 Å². The standard InChI is InChI=1S/C14H16N4O2/c19-17-9-3-1-5-13(17)11-15-7-8-16-12-14-6-2-4-10-18(14)20/h1-10,19-20H,11-12H2/q+2. The number of hydrogen-bond donors (Lipinski definition) is 2. The first kappa shape index (κ1) is 13.7. The molecule has 0 aliphatic carbocycles. The van der Waals surface area contributed by atoms with Gasteiger partial charge in [0.25, 0.3) is 11.4 Å². The van der Waals surface area contributed by atoms with Gasteiger partial charge in [0.15, 0.2) is 0 Å². The Bertz CT molecular complexity index is 571. The number of hydrogen-bond acceptors (Lipinski definition) is 4. The summed E-state index contributed by atoms with van der Waals surface area (Å²) in [6.45, 7) is 0.739. The summed E-state index contributed by atoms with van der Waals surface area (Å²) in [5.41, 5.74) is 1.38. The van der Waals surface area contributed by atoms with Crippen LogP contribution in [0.2, 0.25) is 0 Å². The van der Waals surface area contributed by atoms with Gasteiger partial charge in [-0.15, -0.1) is 0 Å². The summed E-state index contributed by atoms with van der Waals surface area (Å²) >= 11 is 0. The summed E-state index contributed by atoms with van der Waals surface area (Å²) in [6, 6.07) is 10.7. The van der Waals surface area contributed by atoms with Crippen molar-refractivity contribution in [1.29, 1.82) is 0 Å². The molecule has 0 amide bonds. The molecule has 0 unspecified atom stereocenters. The van der Waals surface area contributed by atoms with Gasteiger partial charge in [-0.05, 0) is 12.1 Å². The predicted octanol–water partition coefficient (Wildman–Crippen LogP) is 0.578. The number of aliphatic imine (C=N–C) groups is 2. The zero-order chi connectivity index (χ0) is 14.2. The lowest BCUT2D eigenvalue weighted by atomic mass is 10.3. The Hall–Kier alpha value is -2.76. The number of pyridine rings is 2. The van der Waals surface area contributed by atoms with E-state index < -0.39 is 0 Å². The van der Waals surface area contributed by atoms with Gasteiger partial charge in [-0.25, -0.2) is 0 Å². The molecule has 2 rings (SSSR count). The fourth-order valence-electron chi connectivity index (χ4n) is 1.58. The molecule has 0 aliphatic heterocycles. The van der Waals surface area contributed by atoms with Crippen molar-refractivity contribution < 1.29 is 19.9 Å². The van der Waals surface area contributed by atoms with Gasteiger partial charge in [-0.1, -0.05) is 0 Å². The van der Waals surface area contributed by atoms with Crippen molar-refractivity contribution in [2.24, 2.45) is 9.98 Å².